The summed E-state index contributed by atoms with van der Waals surface area (Å²) in [4.78, 5) is 22.0. The molecule has 2 rings (SSSR count). The Kier molecular flexibility index (Phi) is 2.90. The van der Waals surface area contributed by atoms with E-state index in [2.05, 4.69) is 5.32 Å². The van der Waals surface area contributed by atoms with Crippen molar-refractivity contribution in [3.63, 3.8) is 0 Å². The molecular formula is C12H13NO3. The van der Waals surface area contributed by atoms with Crippen molar-refractivity contribution in [2.24, 2.45) is 0 Å². The average Bonchev–Trinajstić information content (AvgIpc) is 2.27. The first-order valence-corrected chi connectivity index (χ1v) is 5.18. The van der Waals surface area contributed by atoms with Crippen LogP contribution in [0.5, 0.6) is 0 Å². The van der Waals surface area contributed by atoms with Crippen molar-refractivity contribution < 1.29 is 14.3 Å². The predicted molar refractivity (Wildman–Crippen MR) is 57.6 cm³/mol. The molecule has 16 heavy (non-hydrogen) atoms. The summed E-state index contributed by atoms with van der Waals surface area (Å²) < 4.78 is 4.93. The third-order valence-corrected chi connectivity index (χ3v) is 2.54. The number of benzene rings is 1. The molecule has 0 saturated carbocycles. The highest BCUT2D eigenvalue weighted by atomic mass is 16.6. The van der Waals surface area contributed by atoms with Crippen LogP contribution in [-0.2, 0) is 20.7 Å². The van der Waals surface area contributed by atoms with Gasteiger partial charge < -0.3 is 10.1 Å². The van der Waals surface area contributed by atoms with Crippen molar-refractivity contribution in [3.05, 3.63) is 35.9 Å². The number of rotatable bonds is 3. The highest BCUT2D eigenvalue weighted by Crippen LogP contribution is 2.16. The zero-order valence-electron chi connectivity index (χ0n) is 8.97. The fourth-order valence-electron chi connectivity index (χ4n) is 1.77. The van der Waals surface area contributed by atoms with E-state index in [1.807, 2.05) is 30.3 Å². The average molecular weight is 219 g/mol. The summed E-state index contributed by atoms with van der Waals surface area (Å²) in [6.07, 6.45) is 0.0579. The molecule has 1 aromatic carbocycles. The Bertz CT molecular complexity index is 402. The Hall–Kier alpha value is -1.84. The van der Waals surface area contributed by atoms with E-state index >= 15 is 0 Å². The van der Waals surface area contributed by atoms with Crippen LogP contribution in [0.4, 0.5) is 0 Å². The molecule has 1 saturated heterocycles. The zero-order chi connectivity index (χ0) is 11.5. The van der Waals surface area contributed by atoms with E-state index in [-0.39, 0.29) is 11.9 Å². The second-order valence-electron chi connectivity index (χ2n) is 3.83. The van der Waals surface area contributed by atoms with E-state index in [9.17, 15) is 9.59 Å². The summed E-state index contributed by atoms with van der Waals surface area (Å²) in [5.74, 6) is -0.631. The molecule has 1 aliphatic heterocycles. The topological polar surface area (TPSA) is 55.4 Å². The normalized spacial score (nSPS) is 23.2. The fourth-order valence-corrected chi connectivity index (χ4v) is 1.77. The molecule has 1 heterocycles. The Morgan fingerprint density at radius 2 is 2.06 bits per heavy atom. The fraction of sp³-hybridized carbons (Fsp3) is 0.333. The van der Waals surface area contributed by atoms with Gasteiger partial charge in [-0.3, -0.25) is 9.59 Å². The SMILES string of the molecule is CC(=O)O[C@@H]1C(=O)N[C@@H]1Cc1ccccc1. The molecule has 1 N–H and O–H groups in total. The molecule has 0 aliphatic carbocycles. The molecule has 4 heteroatoms. The number of ether oxygens (including phenoxy) is 1. The molecule has 0 aromatic heterocycles. The van der Waals surface area contributed by atoms with Gasteiger partial charge in [0, 0.05) is 6.92 Å². The minimum Gasteiger partial charge on any atom is -0.450 e. The van der Waals surface area contributed by atoms with E-state index in [0.717, 1.165) is 5.56 Å². The smallest absolute Gasteiger partial charge is 0.303 e. The van der Waals surface area contributed by atoms with Crippen molar-refractivity contribution >= 4 is 11.9 Å². The van der Waals surface area contributed by atoms with Crippen LogP contribution in [0.15, 0.2) is 30.3 Å². The maximum atomic E-state index is 11.2. The van der Waals surface area contributed by atoms with Crippen LogP contribution in [0.1, 0.15) is 12.5 Å². The van der Waals surface area contributed by atoms with Gasteiger partial charge in [0.25, 0.3) is 5.91 Å². The van der Waals surface area contributed by atoms with Crippen molar-refractivity contribution in [2.75, 3.05) is 0 Å². The van der Waals surface area contributed by atoms with E-state index in [1.54, 1.807) is 0 Å². The number of hydrogen-bond donors (Lipinski definition) is 1. The van der Waals surface area contributed by atoms with Gasteiger partial charge in [-0.15, -0.1) is 0 Å². The quantitative estimate of drug-likeness (QED) is 0.600. The summed E-state index contributed by atoms with van der Waals surface area (Å²) in [6.45, 7) is 1.31. The first-order valence-electron chi connectivity index (χ1n) is 5.18. The van der Waals surface area contributed by atoms with Gasteiger partial charge >= 0.3 is 5.97 Å². The van der Waals surface area contributed by atoms with Gasteiger partial charge in [0.15, 0.2) is 6.10 Å². The second-order valence-corrected chi connectivity index (χ2v) is 3.83. The Morgan fingerprint density at radius 3 is 2.62 bits per heavy atom. The molecule has 0 bridgehead atoms. The second kappa shape index (κ2) is 4.35. The summed E-state index contributed by atoms with van der Waals surface area (Å²) in [5, 5.41) is 2.73. The third kappa shape index (κ3) is 2.21. The van der Waals surface area contributed by atoms with E-state index < -0.39 is 12.1 Å². The lowest BCUT2D eigenvalue weighted by atomic mass is 9.94. The minimum absolute atomic E-state index is 0.0983. The first kappa shape index (κ1) is 10.7. The number of β-lactam (4-membered cyclic amide) rings is 1. The van der Waals surface area contributed by atoms with Crippen LogP contribution in [0.2, 0.25) is 0 Å². The Morgan fingerprint density at radius 1 is 1.38 bits per heavy atom. The molecule has 2 atom stereocenters. The van der Waals surface area contributed by atoms with Crippen LogP contribution in [0.3, 0.4) is 0 Å². The molecule has 0 unspecified atom stereocenters. The van der Waals surface area contributed by atoms with Gasteiger partial charge in [-0.25, -0.2) is 0 Å². The molecule has 1 amide bonds. The van der Waals surface area contributed by atoms with Crippen molar-refractivity contribution in [3.8, 4) is 0 Å². The largest absolute Gasteiger partial charge is 0.450 e. The molecule has 1 aromatic rings. The lowest BCUT2D eigenvalue weighted by molar-refractivity contribution is -0.164. The summed E-state index contributed by atoms with van der Waals surface area (Å²) in [5.41, 5.74) is 1.12. The van der Waals surface area contributed by atoms with E-state index in [0.29, 0.717) is 6.42 Å². The molecule has 1 aliphatic rings. The number of carbonyl (C=O) groups is 2. The van der Waals surface area contributed by atoms with Crippen molar-refractivity contribution in [2.45, 2.75) is 25.5 Å². The van der Waals surface area contributed by atoms with Crippen LogP contribution in [-0.4, -0.2) is 24.0 Å². The van der Waals surface area contributed by atoms with Crippen LogP contribution < -0.4 is 5.32 Å². The third-order valence-electron chi connectivity index (χ3n) is 2.54. The highest BCUT2D eigenvalue weighted by Gasteiger charge is 2.41. The molecule has 4 nitrogen and oxygen atoms in total. The lowest BCUT2D eigenvalue weighted by Gasteiger charge is -2.35. The monoisotopic (exact) mass is 219 g/mol. The van der Waals surface area contributed by atoms with Crippen LogP contribution in [0, 0.1) is 0 Å². The van der Waals surface area contributed by atoms with Gasteiger partial charge in [0.05, 0.1) is 6.04 Å². The predicted octanol–water partition coefficient (Wildman–Crippen LogP) is 0.659. The van der Waals surface area contributed by atoms with Gasteiger partial charge in [-0.1, -0.05) is 30.3 Å². The Balaban J connectivity index is 1.96. The number of esters is 1. The zero-order valence-corrected chi connectivity index (χ0v) is 8.97. The van der Waals surface area contributed by atoms with E-state index in [1.165, 1.54) is 6.92 Å². The van der Waals surface area contributed by atoms with Crippen LogP contribution in [0.25, 0.3) is 0 Å². The number of carbonyl (C=O) groups excluding carboxylic acids is 2. The maximum absolute atomic E-state index is 11.2. The highest BCUT2D eigenvalue weighted by molar-refractivity contribution is 5.90. The molecule has 0 spiro atoms. The van der Waals surface area contributed by atoms with Gasteiger partial charge in [0.1, 0.15) is 0 Å². The van der Waals surface area contributed by atoms with Gasteiger partial charge in [-0.2, -0.15) is 0 Å². The van der Waals surface area contributed by atoms with Gasteiger partial charge in [-0.05, 0) is 12.0 Å². The molecule has 0 radical (unpaired) electrons. The first-order chi connectivity index (χ1) is 7.66. The summed E-state index contributed by atoms with van der Waals surface area (Å²) in [7, 11) is 0. The maximum Gasteiger partial charge on any atom is 0.303 e. The lowest BCUT2D eigenvalue weighted by Crippen LogP contribution is -2.64. The van der Waals surface area contributed by atoms with Crippen LogP contribution >= 0.6 is 0 Å². The molecular weight excluding hydrogens is 206 g/mol. The molecule has 1 fully saturated rings. The van der Waals surface area contributed by atoms with Crippen molar-refractivity contribution in [1.82, 2.24) is 5.32 Å². The molecule has 84 valence electrons. The van der Waals surface area contributed by atoms with Crippen molar-refractivity contribution in [1.29, 1.82) is 0 Å². The minimum atomic E-state index is -0.627. The summed E-state index contributed by atoms with van der Waals surface area (Å²) in [6, 6.07) is 9.68. The Labute approximate surface area is 93.6 Å². The summed E-state index contributed by atoms with van der Waals surface area (Å²) >= 11 is 0. The number of hydrogen-bond acceptors (Lipinski definition) is 3. The van der Waals surface area contributed by atoms with Gasteiger partial charge in [0.2, 0.25) is 0 Å². The number of amides is 1. The van der Waals surface area contributed by atoms with E-state index in [4.69, 9.17) is 4.74 Å². The standard InChI is InChI=1S/C12H13NO3/c1-8(14)16-11-10(13-12(11)15)7-9-5-3-2-4-6-9/h2-6,10-11H,7H2,1H3,(H,13,15)/t10-,11+/m1/s1. The number of nitrogens with one attached hydrogen (secondary N) is 1.